The Balaban J connectivity index is 2.05. The zero-order valence-corrected chi connectivity index (χ0v) is 13.0. The summed E-state index contributed by atoms with van der Waals surface area (Å²) in [6.45, 7) is 0. The molecule has 0 aliphatic carbocycles. The molecule has 0 bridgehead atoms. The van der Waals surface area contributed by atoms with E-state index in [4.69, 9.17) is 22.2 Å². The molecule has 0 radical (unpaired) electrons. The van der Waals surface area contributed by atoms with Crippen molar-refractivity contribution in [2.75, 3.05) is 19.0 Å². The number of hydrogen-bond acceptors (Lipinski definition) is 4. The van der Waals surface area contributed by atoms with Crippen LogP contribution >= 0.6 is 11.6 Å². The van der Waals surface area contributed by atoms with Gasteiger partial charge in [-0.3, -0.25) is 0 Å². The maximum absolute atomic E-state index is 11.8. The van der Waals surface area contributed by atoms with Gasteiger partial charge in [0, 0.05) is 30.4 Å². The van der Waals surface area contributed by atoms with Crippen molar-refractivity contribution in [1.29, 1.82) is 0 Å². The van der Waals surface area contributed by atoms with Crippen LogP contribution in [0.3, 0.4) is 0 Å². The maximum atomic E-state index is 11.8. The molecule has 0 aliphatic heterocycles. The molecule has 0 saturated heterocycles. The zero-order valence-electron chi connectivity index (χ0n) is 12.3. The molecule has 5 nitrogen and oxygen atoms in total. The fourth-order valence-electron chi connectivity index (χ4n) is 1.71. The summed E-state index contributed by atoms with van der Waals surface area (Å²) in [4.78, 5) is 18.6. The molecule has 0 fully saturated rings. The molecule has 22 heavy (non-hydrogen) atoms. The van der Waals surface area contributed by atoms with Crippen molar-refractivity contribution < 1.29 is 9.63 Å². The van der Waals surface area contributed by atoms with Gasteiger partial charge in [0.15, 0.2) is 5.84 Å². The Morgan fingerprint density at radius 3 is 2.14 bits per heavy atom. The number of benzene rings is 2. The molecule has 0 unspecified atom stereocenters. The van der Waals surface area contributed by atoms with Crippen LogP contribution in [0.25, 0.3) is 0 Å². The molecule has 6 heteroatoms. The first-order valence-electron chi connectivity index (χ1n) is 6.55. The number of nitrogens with two attached hydrogens (primary N) is 1. The Kier molecular flexibility index (Phi) is 5.01. The third-order valence-corrected chi connectivity index (χ3v) is 3.24. The number of anilines is 1. The number of carbonyl (C=O) groups is 1. The van der Waals surface area contributed by atoms with E-state index in [9.17, 15) is 4.79 Å². The predicted octanol–water partition coefficient (Wildman–Crippen LogP) is 2.88. The summed E-state index contributed by atoms with van der Waals surface area (Å²) in [5, 5.41) is 4.21. The Bertz CT molecular complexity index is 680. The van der Waals surface area contributed by atoms with Crippen molar-refractivity contribution in [3.05, 3.63) is 64.7 Å². The van der Waals surface area contributed by atoms with Crippen LogP contribution in [0.1, 0.15) is 15.9 Å². The van der Waals surface area contributed by atoms with Crippen LogP contribution in [-0.4, -0.2) is 25.9 Å². The topological polar surface area (TPSA) is 67.9 Å². The molecule has 0 amide bonds. The molecule has 0 aliphatic rings. The van der Waals surface area contributed by atoms with Crippen LogP contribution in [0.4, 0.5) is 5.69 Å². The average Bonchev–Trinajstić information content (AvgIpc) is 2.53. The highest BCUT2D eigenvalue weighted by Gasteiger charge is 2.08. The summed E-state index contributed by atoms with van der Waals surface area (Å²) in [7, 11) is 3.89. The lowest BCUT2D eigenvalue weighted by atomic mass is 10.2. The number of carbonyl (C=O) groups excluding carboxylic acids is 1. The molecular weight excluding hydrogens is 302 g/mol. The van der Waals surface area contributed by atoms with Crippen molar-refractivity contribution in [2.45, 2.75) is 0 Å². The quantitative estimate of drug-likeness (QED) is 0.407. The molecule has 0 aromatic heterocycles. The molecule has 2 aromatic rings. The number of amidine groups is 1. The minimum Gasteiger partial charge on any atom is -0.380 e. The number of halogens is 1. The molecule has 0 spiro atoms. The first-order chi connectivity index (χ1) is 10.5. The van der Waals surface area contributed by atoms with Gasteiger partial charge < -0.3 is 15.5 Å². The first kappa shape index (κ1) is 15.9. The Labute approximate surface area is 133 Å². The highest BCUT2D eigenvalue weighted by atomic mass is 35.5. The van der Waals surface area contributed by atoms with Crippen LogP contribution in [0, 0.1) is 0 Å². The molecular formula is C16H16ClN3O2. The van der Waals surface area contributed by atoms with Crippen LogP contribution in [0.2, 0.25) is 5.02 Å². The largest absolute Gasteiger partial charge is 0.380 e. The molecule has 2 rings (SSSR count). The van der Waals surface area contributed by atoms with Crippen molar-refractivity contribution in [3.63, 3.8) is 0 Å². The number of rotatable bonds is 4. The van der Waals surface area contributed by atoms with Gasteiger partial charge in [-0.05, 0) is 48.5 Å². The van der Waals surface area contributed by atoms with Gasteiger partial charge in [0.1, 0.15) is 0 Å². The second-order valence-electron chi connectivity index (χ2n) is 4.80. The van der Waals surface area contributed by atoms with Crippen LogP contribution in [-0.2, 0) is 4.84 Å². The van der Waals surface area contributed by atoms with Crippen molar-refractivity contribution in [1.82, 2.24) is 0 Å². The van der Waals surface area contributed by atoms with Gasteiger partial charge in [-0.25, -0.2) is 4.79 Å². The van der Waals surface area contributed by atoms with Crippen LogP contribution in [0.5, 0.6) is 0 Å². The third kappa shape index (κ3) is 3.99. The summed E-state index contributed by atoms with van der Waals surface area (Å²) in [6.07, 6.45) is 0. The van der Waals surface area contributed by atoms with E-state index in [1.807, 2.05) is 43.3 Å². The van der Waals surface area contributed by atoms with E-state index in [2.05, 4.69) is 5.16 Å². The summed E-state index contributed by atoms with van der Waals surface area (Å²) >= 11 is 5.76. The molecule has 0 heterocycles. The standard InChI is InChI=1S/C16H16ClN3O2/c1-20(2)14-9-5-11(6-10-14)15(18)19-22-16(21)12-3-7-13(17)8-4-12/h3-10H,1-2H3,(H2,18,19). The fourth-order valence-corrected chi connectivity index (χ4v) is 1.84. The van der Waals surface area contributed by atoms with Gasteiger partial charge in [0.2, 0.25) is 0 Å². The van der Waals surface area contributed by atoms with E-state index >= 15 is 0 Å². The fraction of sp³-hybridized carbons (Fsp3) is 0.125. The Morgan fingerprint density at radius 2 is 1.59 bits per heavy atom. The number of oxime groups is 1. The highest BCUT2D eigenvalue weighted by Crippen LogP contribution is 2.13. The van der Waals surface area contributed by atoms with Crippen molar-refractivity contribution in [3.8, 4) is 0 Å². The lowest BCUT2D eigenvalue weighted by Crippen LogP contribution is -2.16. The highest BCUT2D eigenvalue weighted by molar-refractivity contribution is 6.30. The minimum atomic E-state index is -0.593. The van der Waals surface area contributed by atoms with Crippen molar-refractivity contribution >= 4 is 29.1 Å². The van der Waals surface area contributed by atoms with Crippen LogP contribution in [0.15, 0.2) is 53.7 Å². The molecule has 0 saturated carbocycles. The summed E-state index contributed by atoms with van der Waals surface area (Å²) in [5.74, 6) is -0.461. The van der Waals surface area contributed by atoms with E-state index in [0.717, 1.165) is 5.69 Å². The van der Waals surface area contributed by atoms with Crippen molar-refractivity contribution in [2.24, 2.45) is 10.9 Å². The summed E-state index contributed by atoms with van der Waals surface area (Å²) < 4.78 is 0. The second kappa shape index (κ2) is 6.95. The van der Waals surface area contributed by atoms with E-state index < -0.39 is 5.97 Å². The summed E-state index contributed by atoms with van der Waals surface area (Å²) in [6, 6.07) is 13.7. The molecule has 0 atom stereocenters. The van der Waals surface area contributed by atoms with Gasteiger partial charge in [-0.2, -0.15) is 0 Å². The lowest BCUT2D eigenvalue weighted by Gasteiger charge is -2.12. The second-order valence-corrected chi connectivity index (χ2v) is 5.24. The Morgan fingerprint density at radius 1 is 1.05 bits per heavy atom. The maximum Gasteiger partial charge on any atom is 0.365 e. The molecule has 114 valence electrons. The van der Waals surface area contributed by atoms with Gasteiger partial charge in [0.05, 0.1) is 5.56 Å². The van der Waals surface area contributed by atoms with Gasteiger partial charge >= 0.3 is 5.97 Å². The van der Waals surface area contributed by atoms with E-state index in [-0.39, 0.29) is 5.84 Å². The Hall–Kier alpha value is -2.53. The lowest BCUT2D eigenvalue weighted by molar-refractivity contribution is 0.0516. The van der Waals surface area contributed by atoms with Gasteiger partial charge in [-0.1, -0.05) is 16.8 Å². The zero-order chi connectivity index (χ0) is 16.1. The van der Waals surface area contributed by atoms with E-state index in [1.165, 1.54) is 0 Å². The minimum absolute atomic E-state index is 0.132. The average molecular weight is 318 g/mol. The van der Waals surface area contributed by atoms with E-state index in [1.54, 1.807) is 24.3 Å². The SMILES string of the molecule is CN(C)c1ccc(/C(N)=N/OC(=O)c2ccc(Cl)cc2)cc1. The number of nitrogens with zero attached hydrogens (tertiary/aromatic N) is 2. The number of hydrogen-bond donors (Lipinski definition) is 1. The normalized spacial score (nSPS) is 11.1. The summed E-state index contributed by atoms with van der Waals surface area (Å²) in [5.41, 5.74) is 7.87. The third-order valence-electron chi connectivity index (χ3n) is 2.99. The first-order valence-corrected chi connectivity index (χ1v) is 6.93. The van der Waals surface area contributed by atoms with Gasteiger partial charge in [0.25, 0.3) is 0 Å². The monoisotopic (exact) mass is 317 g/mol. The van der Waals surface area contributed by atoms with Crippen LogP contribution < -0.4 is 10.6 Å². The predicted molar refractivity (Wildman–Crippen MR) is 88.4 cm³/mol. The van der Waals surface area contributed by atoms with E-state index in [0.29, 0.717) is 16.1 Å². The van der Waals surface area contributed by atoms with Gasteiger partial charge in [-0.15, -0.1) is 0 Å². The molecule has 2 N–H and O–H groups in total. The molecule has 2 aromatic carbocycles. The smallest absolute Gasteiger partial charge is 0.365 e.